The van der Waals surface area contributed by atoms with Crippen LogP contribution in [-0.2, 0) is 16.3 Å². The third kappa shape index (κ3) is 5.35. The Morgan fingerprint density at radius 3 is 2.38 bits per heavy atom. The molecule has 29 heavy (non-hydrogen) atoms. The van der Waals surface area contributed by atoms with E-state index in [0.717, 1.165) is 43.6 Å². The number of hydrogen-bond acceptors (Lipinski definition) is 3. The standard InChI is InChI=1S/C21H23BrF4N2O/c1-14(18-11-16(21(24,25)26)12-19(22)27-18)29-13-20(7-9-28(2)10-8-20)15-3-5-17(23)6-4-15/h3-6,11-12,14H,7-10,13H2,1-2H3. The Hall–Kier alpha value is -1.51. The Morgan fingerprint density at radius 2 is 1.79 bits per heavy atom. The molecule has 1 atom stereocenters. The van der Waals surface area contributed by atoms with Crippen molar-refractivity contribution in [1.82, 2.24) is 9.88 Å². The molecule has 1 fully saturated rings. The Morgan fingerprint density at radius 1 is 1.17 bits per heavy atom. The number of benzene rings is 1. The number of nitrogens with zero attached hydrogens (tertiary/aromatic N) is 2. The van der Waals surface area contributed by atoms with E-state index in [0.29, 0.717) is 6.61 Å². The lowest BCUT2D eigenvalue weighted by molar-refractivity contribution is -0.137. The van der Waals surface area contributed by atoms with E-state index in [2.05, 4.69) is 25.8 Å². The van der Waals surface area contributed by atoms with Crippen molar-refractivity contribution in [1.29, 1.82) is 0 Å². The molecule has 1 aliphatic rings. The van der Waals surface area contributed by atoms with Gasteiger partial charge in [0, 0.05) is 5.41 Å². The summed E-state index contributed by atoms with van der Waals surface area (Å²) in [7, 11) is 2.04. The molecule has 1 aromatic carbocycles. The van der Waals surface area contributed by atoms with Crippen LogP contribution in [0.3, 0.4) is 0 Å². The number of hydrogen-bond donors (Lipinski definition) is 0. The molecule has 2 aromatic rings. The first-order valence-electron chi connectivity index (χ1n) is 9.40. The smallest absolute Gasteiger partial charge is 0.371 e. The van der Waals surface area contributed by atoms with Crippen molar-refractivity contribution in [3.63, 3.8) is 0 Å². The third-order valence-electron chi connectivity index (χ3n) is 5.57. The Kier molecular flexibility index (Phi) is 6.65. The SMILES string of the molecule is CC(OCC1(c2ccc(F)cc2)CCN(C)CC1)c1cc(C(F)(F)F)cc(Br)n1. The van der Waals surface area contributed by atoms with Gasteiger partial charge in [0.25, 0.3) is 0 Å². The average Bonchev–Trinajstić information content (AvgIpc) is 2.67. The lowest BCUT2D eigenvalue weighted by atomic mass is 9.73. The van der Waals surface area contributed by atoms with E-state index in [4.69, 9.17) is 4.74 Å². The largest absolute Gasteiger partial charge is 0.416 e. The van der Waals surface area contributed by atoms with Crippen LogP contribution in [0.1, 0.15) is 42.7 Å². The minimum Gasteiger partial charge on any atom is -0.371 e. The maximum Gasteiger partial charge on any atom is 0.416 e. The van der Waals surface area contributed by atoms with Crippen molar-refractivity contribution in [2.75, 3.05) is 26.7 Å². The molecule has 1 saturated heterocycles. The number of halogens is 5. The fourth-order valence-corrected chi connectivity index (χ4v) is 4.08. The van der Waals surface area contributed by atoms with Crippen LogP contribution < -0.4 is 0 Å². The Bertz CT molecular complexity index is 834. The molecule has 3 rings (SSSR count). The number of rotatable bonds is 5. The van der Waals surface area contributed by atoms with Crippen molar-refractivity contribution >= 4 is 15.9 Å². The quantitative estimate of drug-likeness (QED) is 0.407. The van der Waals surface area contributed by atoms with Gasteiger partial charge in [0.05, 0.1) is 24.0 Å². The van der Waals surface area contributed by atoms with Crippen molar-refractivity contribution < 1.29 is 22.3 Å². The molecule has 0 N–H and O–H groups in total. The van der Waals surface area contributed by atoms with Gasteiger partial charge < -0.3 is 9.64 Å². The predicted molar refractivity (Wildman–Crippen MR) is 106 cm³/mol. The topological polar surface area (TPSA) is 25.4 Å². The normalized spacial score (nSPS) is 18.6. The van der Waals surface area contributed by atoms with Gasteiger partial charge in [0.15, 0.2) is 0 Å². The van der Waals surface area contributed by atoms with Crippen LogP contribution in [0, 0.1) is 5.82 Å². The van der Waals surface area contributed by atoms with Crippen molar-refractivity contribution in [2.45, 2.75) is 37.5 Å². The zero-order chi connectivity index (χ0) is 21.2. The van der Waals surface area contributed by atoms with E-state index in [1.165, 1.54) is 12.1 Å². The fraction of sp³-hybridized carbons (Fsp3) is 0.476. The first kappa shape index (κ1) is 22.2. The van der Waals surface area contributed by atoms with Crippen LogP contribution in [-0.4, -0.2) is 36.6 Å². The molecule has 8 heteroatoms. The second kappa shape index (κ2) is 8.70. The molecular formula is C21H23BrF4N2O. The lowest BCUT2D eigenvalue weighted by Crippen LogP contribution is -2.44. The number of aromatic nitrogens is 1. The van der Waals surface area contributed by atoms with E-state index in [9.17, 15) is 17.6 Å². The number of ether oxygens (including phenoxy) is 1. The van der Waals surface area contributed by atoms with Crippen LogP contribution in [0.15, 0.2) is 41.0 Å². The van der Waals surface area contributed by atoms with Gasteiger partial charge in [-0.05, 0) is 85.7 Å². The van der Waals surface area contributed by atoms with Crippen molar-refractivity contribution in [3.8, 4) is 0 Å². The van der Waals surface area contributed by atoms with Crippen LogP contribution >= 0.6 is 15.9 Å². The van der Waals surface area contributed by atoms with E-state index >= 15 is 0 Å². The number of pyridine rings is 1. The predicted octanol–water partition coefficient (Wildman–Crippen LogP) is 5.74. The van der Waals surface area contributed by atoms with E-state index in [1.807, 2.05) is 7.05 Å². The van der Waals surface area contributed by atoms with Crippen LogP contribution in [0.2, 0.25) is 0 Å². The van der Waals surface area contributed by atoms with Crippen LogP contribution in [0.5, 0.6) is 0 Å². The zero-order valence-electron chi connectivity index (χ0n) is 16.3. The molecule has 1 aromatic heterocycles. The maximum absolute atomic E-state index is 13.4. The van der Waals surface area contributed by atoms with Crippen molar-refractivity contribution in [3.05, 3.63) is 63.6 Å². The fourth-order valence-electron chi connectivity index (χ4n) is 3.63. The summed E-state index contributed by atoms with van der Waals surface area (Å²) in [5.74, 6) is -0.302. The van der Waals surface area contributed by atoms with Gasteiger partial charge >= 0.3 is 6.18 Å². The maximum atomic E-state index is 13.4. The first-order chi connectivity index (χ1) is 13.6. The summed E-state index contributed by atoms with van der Waals surface area (Å²) in [6.45, 7) is 3.75. The molecule has 3 nitrogen and oxygen atoms in total. The molecule has 0 aliphatic carbocycles. The summed E-state index contributed by atoms with van der Waals surface area (Å²) >= 11 is 3.05. The Labute approximate surface area is 176 Å². The minimum atomic E-state index is -4.46. The molecule has 1 unspecified atom stereocenters. The van der Waals surface area contributed by atoms with E-state index in [-0.39, 0.29) is 21.5 Å². The molecule has 2 heterocycles. The van der Waals surface area contributed by atoms with Gasteiger partial charge in [-0.25, -0.2) is 9.37 Å². The lowest BCUT2D eigenvalue weighted by Gasteiger charge is -2.41. The minimum absolute atomic E-state index is 0.116. The molecule has 0 radical (unpaired) electrons. The second-order valence-corrected chi connectivity index (χ2v) is 8.46. The molecule has 158 valence electrons. The second-order valence-electron chi connectivity index (χ2n) is 7.64. The highest BCUT2D eigenvalue weighted by atomic mass is 79.9. The van der Waals surface area contributed by atoms with Gasteiger partial charge in [-0.3, -0.25) is 0 Å². The van der Waals surface area contributed by atoms with Gasteiger partial charge in [-0.1, -0.05) is 12.1 Å². The number of likely N-dealkylation sites (tertiary alicyclic amines) is 1. The summed E-state index contributed by atoms with van der Waals surface area (Å²) in [5.41, 5.74) is 0.122. The van der Waals surface area contributed by atoms with Gasteiger partial charge in [0.1, 0.15) is 10.4 Å². The number of alkyl halides is 3. The third-order valence-corrected chi connectivity index (χ3v) is 5.97. The summed E-state index contributed by atoms with van der Waals surface area (Å²) < 4.78 is 58.9. The zero-order valence-corrected chi connectivity index (χ0v) is 17.9. The van der Waals surface area contributed by atoms with E-state index in [1.54, 1.807) is 19.1 Å². The Balaban J connectivity index is 1.81. The highest BCUT2D eigenvalue weighted by molar-refractivity contribution is 9.10. The first-order valence-corrected chi connectivity index (χ1v) is 10.2. The monoisotopic (exact) mass is 474 g/mol. The van der Waals surface area contributed by atoms with Gasteiger partial charge in [-0.2, -0.15) is 13.2 Å². The summed E-state index contributed by atoms with van der Waals surface area (Å²) in [6, 6.07) is 8.39. The van der Waals surface area contributed by atoms with Gasteiger partial charge in [0.2, 0.25) is 0 Å². The van der Waals surface area contributed by atoms with Gasteiger partial charge in [-0.15, -0.1) is 0 Å². The molecule has 1 aliphatic heterocycles. The van der Waals surface area contributed by atoms with E-state index < -0.39 is 17.8 Å². The molecule has 0 spiro atoms. The van der Waals surface area contributed by atoms with Crippen LogP contribution in [0.25, 0.3) is 0 Å². The summed E-state index contributed by atoms with van der Waals surface area (Å²) in [6.07, 6.45) is -3.43. The van der Waals surface area contributed by atoms with Crippen molar-refractivity contribution in [2.24, 2.45) is 0 Å². The summed E-state index contributed by atoms with van der Waals surface area (Å²) in [5, 5.41) is 0. The molecule has 0 amide bonds. The molecule has 0 bridgehead atoms. The summed E-state index contributed by atoms with van der Waals surface area (Å²) in [4.78, 5) is 6.38. The highest BCUT2D eigenvalue weighted by Gasteiger charge is 2.37. The number of piperidine rings is 1. The van der Waals surface area contributed by atoms with Crippen LogP contribution in [0.4, 0.5) is 17.6 Å². The molecule has 0 saturated carbocycles. The highest BCUT2D eigenvalue weighted by Crippen LogP contribution is 2.38. The molecular weight excluding hydrogens is 452 g/mol. The average molecular weight is 475 g/mol.